The van der Waals surface area contributed by atoms with Crippen molar-refractivity contribution in [2.24, 2.45) is 0 Å². The molecular weight excluding hydrogens is 256 g/mol. The standard InChI is InChI=1S/C14H22N4O2/c1-20-13-4-6-17(10-13)12-7-14(19)18(16-8-12)9-11-3-2-5-15-11/h7-8,11,13,15H,2-6,9-10H2,1H3/t11-,13?/m1/s1. The quantitative estimate of drug-likeness (QED) is 0.854. The molecule has 3 heterocycles. The monoisotopic (exact) mass is 278 g/mol. The van der Waals surface area contributed by atoms with E-state index >= 15 is 0 Å². The summed E-state index contributed by atoms with van der Waals surface area (Å²) in [7, 11) is 1.74. The molecule has 0 bridgehead atoms. The number of hydrogen-bond donors (Lipinski definition) is 1. The van der Waals surface area contributed by atoms with E-state index in [1.807, 2.05) is 0 Å². The third kappa shape index (κ3) is 2.86. The number of aromatic nitrogens is 2. The second-order valence-corrected chi connectivity index (χ2v) is 5.62. The molecule has 3 rings (SSSR count). The number of methoxy groups -OCH3 is 1. The fourth-order valence-electron chi connectivity index (χ4n) is 3.01. The fraction of sp³-hybridized carbons (Fsp3) is 0.714. The van der Waals surface area contributed by atoms with Crippen LogP contribution < -0.4 is 15.8 Å². The van der Waals surface area contributed by atoms with Crippen LogP contribution >= 0.6 is 0 Å². The van der Waals surface area contributed by atoms with E-state index in [0.29, 0.717) is 12.6 Å². The van der Waals surface area contributed by atoms with Crippen molar-refractivity contribution in [3.8, 4) is 0 Å². The summed E-state index contributed by atoms with van der Waals surface area (Å²) in [6, 6.07) is 2.08. The highest BCUT2D eigenvalue weighted by Gasteiger charge is 2.23. The molecule has 0 radical (unpaired) electrons. The molecule has 0 amide bonds. The van der Waals surface area contributed by atoms with Crippen molar-refractivity contribution in [1.29, 1.82) is 0 Å². The SMILES string of the molecule is COC1CCN(c2cnn(C[C@H]3CCCN3)c(=O)c2)C1. The molecule has 20 heavy (non-hydrogen) atoms. The van der Waals surface area contributed by atoms with Gasteiger partial charge >= 0.3 is 0 Å². The van der Waals surface area contributed by atoms with Crippen LogP contribution in [0, 0.1) is 0 Å². The number of nitrogens with one attached hydrogen (secondary N) is 1. The summed E-state index contributed by atoms with van der Waals surface area (Å²) in [4.78, 5) is 14.3. The molecule has 1 unspecified atom stereocenters. The molecule has 0 saturated carbocycles. The first kappa shape index (κ1) is 13.6. The average molecular weight is 278 g/mol. The first-order valence-corrected chi connectivity index (χ1v) is 7.34. The molecule has 1 N–H and O–H groups in total. The molecule has 0 aliphatic carbocycles. The van der Waals surface area contributed by atoms with E-state index < -0.39 is 0 Å². The van der Waals surface area contributed by atoms with Gasteiger partial charge in [-0.25, -0.2) is 4.68 Å². The van der Waals surface area contributed by atoms with Crippen LogP contribution in [-0.4, -0.2) is 48.7 Å². The minimum Gasteiger partial charge on any atom is -0.380 e. The van der Waals surface area contributed by atoms with E-state index in [0.717, 1.165) is 38.2 Å². The molecule has 110 valence electrons. The Labute approximate surface area is 118 Å². The van der Waals surface area contributed by atoms with Crippen LogP contribution in [0.15, 0.2) is 17.1 Å². The third-order valence-electron chi connectivity index (χ3n) is 4.25. The summed E-state index contributed by atoms with van der Waals surface area (Å²) in [5.74, 6) is 0. The normalized spacial score (nSPS) is 26.4. The Balaban J connectivity index is 1.69. The molecule has 2 aliphatic heterocycles. The van der Waals surface area contributed by atoms with Gasteiger partial charge in [-0.15, -0.1) is 0 Å². The van der Waals surface area contributed by atoms with Crippen molar-refractivity contribution in [3.63, 3.8) is 0 Å². The summed E-state index contributed by atoms with van der Waals surface area (Å²) in [5, 5.41) is 7.71. The number of ether oxygens (including phenoxy) is 1. The summed E-state index contributed by atoms with van der Waals surface area (Å²) in [5.41, 5.74) is 0.891. The van der Waals surface area contributed by atoms with Gasteiger partial charge in [0, 0.05) is 32.3 Å². The van der Waals surface area contributed by atoms with Crippen LogP contribution in [0.5, 0.6) is 0 Å². The van der Waals surface area contributed by atoms with Gasteiger partial charge in [0.2, 0.25) is 0 Å². The van der Waals surface area contributed by atoms with E-state index in [-0.39, 0.29) is 11.7 Å². The molecule has 2 fully saturated rings. The van der Waals surface area contributed by atoms with Gasteiger partial charge in [0.15, 0.2) is 0 Å². The summed E-state index contributed by atoms with van der Waals surface area (Å²) in [6.07, 6.45) is 5.38. The van der Waals surface area contributed by atoms with Crippen molar-refractivity contribution < 1.29 is 4.74 Å². The lowest BCUT2D eigenvalue weighted by molar-refractivity contribution is 0.121. The lowest BCUT2D eigenvalue weighted by atomic mass is 10.2. The Bertz CT molecular complexity index is 510. The van der Waals surface area contributed by atoms with Crippen LogP contribution in [0.25, 0.3) is 0 Å². The fourth-order valence-corrected chi connectivity index (χ4v) is 3.01. The van der Waals surface area contributed by atoms with Crippen molar-refractivity contribution in [1.82, 2.24) is 15.1 Å². The second kappa shape index (κ2) is 5.93. The molecule has 2 aliphatic rings. The number of rotatable bonds is 4. The molecule has 6 heteroatoms. The summed E-state index contributed by atoms with van der Waals surface area (Å²) >= 11 is 0. The van der Waals surface area contributed by atoms with Gasteiger partial charge in [-0.05, 0) is 25.8 Å². The Morgan fingerprint density at radius 3 is 3.05 bits per heavy atom. The first-order valence-electron chi connectivity index (χ1n) is 7.34. The van der Waals surface area contributed by atoms with Crippen molar-refractivity contribution in [2.75, 3.05) is 31.6 Å². The predicted molar refractivity (Wildman–Crippen MR) is 77.1 cm³/mol. The molecule has 2 saturated heterocycles. The van der Waals surface area contributed by atoms with Gasteiger partial charge in [-0.1, -0.05) is 0 Å². The molecule has 6 nitrogen and oxygen atoms in total. The zero-order chi connectivity index (χ0) is 13.9. The van der Waals surface area contributed by atoms with Gasteiger partial charge in [0.1, 0.15) is 0 Å². The highest BCUT2D eigenvalue weighted by atomic mass is 16.5. The highest BCUT2D eigenvalue weighted by molar-refractivity contribution is 5.44. The molecule has 1 aromatic heterocycles. The van der Waals surface area contributed by atoms with Crippen LogP contribution in [0.1, 0.15) is 19.3 Å². The van der Waals surface area contributed by atoms with Crippen LogP contribution in [-0.2, 0) is 11.3 Å². The van der Waals surface area contributed by atoms with Crippen molar-refractivity contribution >= 4 is 5.69 Å². The zero-order valence-corrected chi connectivity index (χ0v) is 11.9. The lowest BCUT2D eigenvalue weighted by Gasteiger charge is -2.18. The topological polar surface area (TPSA) is 59.4 Å². The van der Waals surface area contributed by atoms with E-state index in [9.17, 15) is 4.79 Å². The molecule has 2 atom stereocenters. The van der Waals surface area contributed by atoms with Crippen LogP contribution in [0.4, 0.5) is 5.69 Å². The van der Waals surface area contributed by atoms with Crippen molar-refractivity contribution in [3.05, 3.63) is 22.6 Å². The number of anilines is 1. The van der Waals surface area contributed by atoms with Crippen LogP contribution in [0.2, 0.25) is 0 Å². The summed E-state index contributed by atoms with van der Waals surface area (Å²) < 4.78 is 6.92. The van der Waals surface area contributed by atoms with E-state index in [4.69, 9.17) is 4.74 Å². The molecule has 0 aromatic carbocycles. The summed E-state index contributed by atoms with van der Waals surface area (Å²) in [6.45, 7) is 3.48. The Morgan fingerprint density at radius 2 is 2.40 bits per heavy atom. The highest BCUT2D eigenvalue weighted by Crippen LogP contribution is 2.19. The smallest absolute Gasteiger partial charge is 0.268 e. The van der Waals surface area contributed by atoms with E-state index in [1.54, 1.807) is 24.1 Å². The van der Waals surface area contributed by atoms with Crippen molar-refractivity contribution in [2.45, 2.75) is 38.0 Å². The van der Waals surface area contributed by atoms with Gasteiger partial charge in [-0.2, -0.15) is 5.10 Å². The third-order valence-corrected chi connectivity index (χ3v) is 4.25. The second-order valence-electron chi connectivity index (χ2n) is 5.62. The molecule has 0 spiro atoms. The number of hydrogen-bond acceptors (Lipinski definition) is 5. The minimum atomic E-state index is -0.0166. The Morgan fingerprint density at radius 1 is 1.50 bits per heavy atom. The predicted octanol–water partition coefficient (Wildman–Crippen LogP) is 0.220. The maximum Gasteiger partial charge on any atom is 0.268 e. The van der Waals surface area contributed by atoms with Gasteiger partial charge in [0.05, 0.1) is 24.5 Å². The van der Waals surface area contributed by atoms with Crippen LogP contribution in [0.3, 0.4) is 0 Å². The van der Waals surface area contributed by atoms with Gasteiger partial charge < -0.3 is 15.0 Å². The van der Waals surface area contributed by atoms with E-state index in [2.05, 4.69) is 15.3 Å². The number of nitrogens with zero attached hydrogens (tertiary/aromatic N) is 3. The molecular formula is C14H22N4O2. The zero-order valence-electron chi connectivity index (χ0n) is 11.9. The maximum absolute atomic E-state index is 12.2. The average Bonchev–Trinajstić information content (AvgIpc) is 3.12. The Hall–Kier alpha value is -1.40. The molecule has 1 aromatic rings. The van der Waals surface area contributed by atoms with Gasteiger partial charge in [-0.3, -0.25) is 4.79 Å². The maximum atomic E-state index is 12.2. The van der Waals surface area contributed by atoms with Gasteiger partial charge in [0.25, 0.3) is 5.56 Å². The van der Waals surface area contributed by atoms with E-state index in [1.165, 1.54) is 6.42 Å². The first-order chi connectivity index (χ1) is 9.76. The minimum absolute atomic E-state index is 0.0166. The Kier molecular flexibility index (Phi) is 4.03. The largest absolute Gasteiger partial charge is 0.380 e. The lowest BCUT2D eigenvalue weighted by Crippen LogP contribution is -2.34.